The highest BCUT2D eigenvalue weighted by atomic mass is 79.9. The third-order valence-corrected chi connectivity index (χ3v) is 6.44. The second-order valence-electron chi connectivity index (χ2n) is 6.82. The summed E-state index contributed by atoms with van der Waals surface area (Å²) in [4.78, 5) is 32.8. The Morgan fingerprint density at radius 1 is 1.10 bits per heavy atom. The maximum Gasteiger partial charge on any atom is 0.297 e. The van der Waals surface area contributed by atoms with Gasteiger partial charge < -0.3 is 13.9 Å². The van der Waals surface area contributed by atoms with Gasteiger partial charge >= 0.3 is 0 Å². The average molecular weight is 499 g/mol. The van der Waals surface area contributed by atoms with Crippen molar-refractivity contribution >= 4 is 49.3 Å². The Morgan fingerprint density at radius 3 is 2.61 bits per heavy atom. The molecule has 0 saturated heterocycles. The molecule has 0 bridgehead atoms. The zero-order valence-corrected chi connectivity index (χ0v) is 18.8. The Balaban J connectivity index is 1.81. The van der Waals surface area contributed by atoms with Gasteiger partial charge in [0.05, 0.1) is 31.2 Å². The zero-order chi connectivity index (χ0) is 21.7. The number of benzene rings is 2. The second kappa shape index (κ2) is 7.51. The van der Waals surface area contributed by atoms with Crippen LogP contribution in [0.15, 0.2) is 61.7 Å². The Hall–Kier alpha value is -3.17. The van der Waals surface area contributed by atoms with E-state index >= 15 is 0 Å². The first kappa shape index (κ1) is 19.8. The van der Waals surface area contributed by atoms with Crippen molar-refractivity contribution in [2.24, 2.45) is 0 Å². The van der Waals surface area contributed by atoms with Crippen LogP contribution in [0.3, 0.4) is 0 Å². The van der Waals surface area contributed by atoms with Crippen LogP contribution in [0.25, 0.3) is 11.0 Å². The van der Waals surface area contributed by atoms with Crippen LogP contribution in [0, 0.1) is 0 Å². The van der Waals surface area contributed by atoms with Gasteiger partial charge in [0.2, 0.25) is 5.76 Å². The minimum Gasteiger partial charge on any atom is -0.493 e. The van der Waals surface area contributed by atoms with Gasteiger partial charge in [-0.1, -0.05) is 22.0 Å². The summed E-state index contributed by atoms with van der Waals surface area (Å²) in [5, 5.41) is 2.65. The number of rotatable bonds is 4. The molecule has 0 unspecified atom stereocenters. The van der Waals surface area contributed by atoms with Crippen molar-refractivity contribution in [1.29, 1.82) is 0 Å². The van der Waals surface area contributed by atoms with E-state index in [9.17, 15) is 9.59 Å². The number of ether oxygens (including phenoxy) is 2. The van der Waals surface area contributed by atoms with Crippen LogP contribution >= 0.6 is 27.3 Å². The van der Waals surface area contributed by atoms with E-state index in [4.69, 9.17) is 13.9 Å². The molecule has 9 heteroatoms. The number of halogens is 1. The lowest BCUT2D eigenvalue weighted by atomic mass is 9.98. The number of amides is 1. The molecule has 2 aromatic carbocycles. The molecule has 2 aromatic heterocycles. The minimum atomic E-state index is -0.715. The summed E-state index contributed by atoms with van der Waals surface area (Å²) in [6.07, 6.45) is 1.62. The van der Waals surface area contributed by atoms with Gasteiger partial charge in [-0.25, -0.2) is 4.98 Å². The van der Waals surface area contributed by atoms with E-state index in [0.29, 0.717) is 33.2 Å². The number of anilines is 1. The third-order valence-electron chi connectivity index (χ3n) is 5.18. The summed E-state index contributed by atoms with van der Waals surface area (Å²) in [6, 6.07) is 9.73. The van der Waals surface area contributed by atoms with Gasteiger partial charge in [-0.05, 0) is 35.9 Å². The van der Waals surface area contributed by atoms with Crippen LogP contribution in [0.4, 0.5) is 5.13 Å². The van der Waals surface area contributed by atoms with Gasteiger partial charge in [0, 0.05) is 16.0 Å². The molecule has 5 rings (SSSR count). The van der Waals surface area contributed by atoms with Crippen molar-refractivity contribution in [2.45, 2.75) is 6.04 Å². The summed E-state index contributed by atoms with van der Waals surface area (Å²) >= 11 is 4.71. The normalized spacial score (nSPS) is 15.4. The molecule has 1 aliphatic heterocycles. The zero-order valence-electron chi connectivity index (χ0n) is 16.4. The molecular formula is C22H15BrN2O5S. The Bertz CT molecular complexity index is 1380. The average Bonchev–Trinajstić information content (AvgIpc) is 3.40. The Labute approximate surface area is 189 Å². The summed E-state index contributed by atoms with van der Waals surface area (Å²) in [5.41, 5.74) is 1.05. The predicted octanol–water partition coefficient (Wildman–Crippen LogP) is 4.78. The fourth-order valence-electron chi connectivity index (χ4n) is 3.82. The molecule has 0 fully saturated rings. The van der Waals surface area contributed by atoms with Crippen molar-refractivity contribution in [3.63, 3.8) is 0 Å². The van der Waals surface area contributed by atoms with Crippen LogP contribution in [-0.2, 0) is 0 Å². The third kappa shape index (κ3) is 3.03. The number of thiazole rings is 1. The lowest BCUT2D eigenvalue weighted by Gasteiger charge is -2.23. The summed E-state index contributed by atoms with van der Waals surface area (Å²) in [5.74, 6) is 0.653. The lowest BCUT2D eigenvalue weighted by molar-refractivity contribution is 0.0971. The van der Waals surface area contributed by atoms with Crippen molar-refractivity contribution in [3.8, 4) is 11.5 Å². The molecule has 1 atom stereocenters. The maximum absolute atomic E-state index is 13.6. The first-order valence-electron chi connectivity index (χ1n) is 9.24. The summed E-state index contributed by atoms with van der Waals surface area (Å²) in [7, 11) is 3.08. The molecule has 7 nitrogen and oxygen atoms in total. The van der Waals surface area contributed by atoms with Crippen LogP contribution in [0.2, 0.25) is 0 Å². The lowest BCUT2D eigenvalue weighted by Crippen LogP contribution is -2.29. The smallest absolute Gasteiger partial charge is 0.297 e. The highest BCUT2D eigenvalue weighted by Crippen LogP contribution is 2.43. The van der Waals surface area contributed by atoms with E-state index in [1.807, 2.05) is 0 Å². The van der Waals surface area contributed by atoms with Gasteiger partial charge in [-0.3, -0.25) is 14.5 Å². The predicted molar refractivity (Wildman–Crippen MR) is 120 cm³/mol. The Morgan fingerprint density at radius 2 is 1.90 bits per heavy atom. The van der Waals surface area contributed by atoms with E-state index < -0.39 is 11.9 Å². The molecule has 0 radical (unpaired) electrons. The van der Waals surface area contributed by atoms with Gasteiger partial charge in [-0.15, -0.1) is 11.3 Å². The van der Waals surface area contributed by atoms with Crippen LogP contribution in [0.1, 0.15) is 27.7 Å². The first-order valence-corrected chi connectivity index (χ1v) is 10.9. The van der Waals surface area contributed by atoms with Gasteiger partial charge in [-0.2, -0.15) is 0 Å². The van der Waals surface area contributed by atoms with E-state index in [-0.39, 0.29) is 16.8 Å². The molecule has 0 saturated carbocycles. The highest BCUT2D eigenvalue weighted by molar-refractivity contribution is 9.10. The monoisotopic (exact) mass is 498 g/mol. The number of hydrogen-bond donors (Lipinski definition) is 0. The molecule has 0 spiro atoms. The number of carbonyl (C=O) groups is 1. The number of nitrogens with zero attached hydrogens (tertiary/aromatic N) is 2. The van der Waals surface area contributed by atoms with E-state index in [0.717, 1.165) is 4.47 Å². The number of aromatic nitrogens is 1. The fourth-order valence-corrected chi connectivity index (χ4v) is 4.84. The number of methoxy groups -OCH3 is 2. The Kier molecular flexibility index (Phi) is 4.79. The van der Waals surface area contributed by atoms with E-state index in [2.05, 4.69) is 20.9 Å². The highest BCUT2D eigenvalue weighted by Gasteiger charge is 2.45. The number of hydrogen-bond acceptors (Lipinski definition) is 7. The fraction of sp³-hybridized carbons (Fsp3) is 0.136. The van der Waals surface area contributed by atoms with E-state index in [1.165, 1.54) is 23.3 Å². The second-order valence-corrected chi connectivity index (χ2v) is 8.61. The maximum atomic E-state index is 13.6. The molecule has 1 amide bonds. The molecule has 0 aliphatic carbocycles. The minimum absolute atomic E-state index is 0.0230. The van der Waals surface area contributed by atoms with Gasteiger partial charge in [0.25, 0.3) is 5.91 Å². The number of fused-ring (bicyclic) bond motifs is 2. The molecule has 156 valence electrons. The largest absolute Gasteiger partial charge is 0.493 e. The van der Waals surface area contributed by atoms with Gasteiger partial charge in [0.15, 0.2) is 22.1 Å². The number of carbonyl (C=O) groups excluding carboxylic acids is 1. The molecule has 1 aliphatic rings. The van der Waals surface area contributed by atoms with Crippen molar-refractivity contribution in [3.05, 3.63) is 79.6 Å². The summed E-state index contributed by atoms with van der Waals surface area (Å²) in [6.45, 7) is 0. The van der Waals surface area contributed by atoms with Crippen LogP contribution < -0.4 is 19.8 Å². The quantitative estimate of drug-likeness (QED) is 0.402. The van der Waals surface area contributed by atoms with Crippen LogP contribution in [-0.4, -0.2) is 25.1 Å². The molecule has 4 aromatic rings. The van der Waals surface area contributed by atoms with Gasteiger partial charge in [0.1, 0.15) is 5.58 Å². The first-order chi connectivity index (χ1) is 15.0. The molecular weight excluding hydrogens is 484 g/mol. The molecule has 3 heterocycles. The SMILES string of the molecule is COc1ccc([C@H]2c3c(oc4ccc(Br)cc4c3=O)C(=O)N2c2nccs2)cc1OC. The molecule has 0 N–H and O–H groups in total. The molecule has 31 heavy (non-hydrogen) atoms. The van der Waals surface area contributed by atoms with Crippen LogP contribution in [0.5, 0.6) is 11.5 Å². The topological polar surface area (TPSA) is 81.9 Å². The van der Waals surface area contributed by atoms with Crippen molar-refractivity contribution in [1.82, 2.24) is 4.98 Å². The van der Waals surface area contributed by atoms with Crippen molar-refractivity contribution < 1.29 is 18.7 Å². The van der Waals surface area contributed by atoms with Crippen molar-refractivity contribution in [2.75, 3.05) is 19.1 Å². The summed E-state index contributed by atoms with van der Waals surface area (Å²) < 4.78 is 17.5. The van der Waals surface area contributed by atoms with E-state index in [1.54, 1.807) is 55.1 Å². The standard InChI is InChI=1S/C22H15BrN2O5S/c1-28-15-5-3-11(9-16(15)29-2)18-17-19(26)13-10-12(23)4-6-14(13)30-20(17)21(27)25(18)22-24-7-8-31-22/h3-10,18H,1-2H3/t18-/m0/s1.